The molecule has 2 aromatic rings. The highest BCUT2D eigenvalue weighted by molar-refractivity contribution is 7.13. The van der Waals surface area contributed by atoms with Crippen LogP contribution in [-0.4, -0.2) is 32.8 Å². The minimum Gasteiger partial charge on any atom is -0.396 e. The smallest absolute Gasteiger partial charge is 0.131 e. The highest BCUT2D eigenvalue weighted by Crippen LogP contribution is 2.34. The van der Waals surface area contributed by atoms with E-state index in [1.807, 2.05) is 12.3 Å². The Labute approximate surface area is 139 Å². The van der Waals surface area contributed by atoms with E-state index in [1.165, 1.54) is 11.3 Å². The first-order valence-corrected chi connectivity index (χ1v) is 8.28. The van der Waals surface area contributed by atoms with Gasteiger partial charge in [-0.1, -0.05) is 11.6 Å². The van der Waals surface area contributed by atoms with Gasteiger partial charge in [0.25, 0.3) is 0 Å². The molecule has 0 aliphatic heterocycles. The van der Waals surface area contributed by atoms with Crippen molar-refractivity contribution in [1.29, 1.82) is 0 Å². The molecule has 0 saturated heterocycles. The zero-order chi connectivity index (χ0) is 16.3. The van der Waals surface area contributed by atoms with Gasteiger partial charge in [0.1, 0.15) is 15.8 Å². The van der Waals surface area contributed by atoms with Crippen LogP contribution in [0.25, 0.3) is 10.6 Å². The summed E-state index contributed by atoms with van der Waals surface area (Å²) < 4.78 is 0. The molecule has 0 radical (unpaired) electrons. The maximum atomic E-state index is 10.0. The molecule has 0 saturated carbocycles. The molecule has 2 heterocycles. The van der Waals surface area contributed by atoms with Gasteiger partial charge in [0.15, 0.2) is 0 Å². The molecule has 1 atom stereocenters. The summed E-state index contributed by atoms with van der Waals surface area (Å²) in [6, 6.07) is 1.84. The van der Waals surface area contributed by atoms with Crippen LogP contribution in [0.5, 0.6) is 0 Å². The number of aliphatic hydroxyl groups excluding tert-OH is 1. The molecule has 0 amide bonds. The zero-order valence-electron chi connectivity index (χ0n) is 12.8. The predicted molar refractivity (Wildman–Crippen MR) is 90.4 cm³/mol. The number of rotatable bonds is 6. The molecule has 0 bridgehead atoms. The lowest BCUT2D eigenvalue weighted by molar-refractivity contribution is 0.0746. The van der Waals surface area contributed by atoms with Gasteiger partial charge in [-0.2, -0.15) is 0 Å². The molecule has 2 rings (SSSR count). The van der Waals surface area contributed by atoms with E-state index < -0.39 is 5.60 Å². The van der Waals surface area contributed by atoms with Crippen LogP contribution in [0.3, 0.4) is 0 Å². The molecule has 0 spiro atoms. The van der Waals surface area contributed by atoms with Gasteiger partial charge in [-0.3, -0.25) is 0 Å². The zero-order valence-corrected chi connectivity index (χ0v) is 14.4. The van der Waals surface area contributed by atoms with Crippen molar-refractivity contribution < 1.29 is 10.2 Å². The second kappa shape index (κ2) is 6.91. The summed E-state index contributed by atoms with van der Waals surface area (Å²) in [5, 5.41) is 25.4. The highest BCUT2D eigenvalue weighted by Gasteiger charge is 2.21. The Kier molecular flexibility index (Phi) is 5.39. The van der Waals surface area contributed by atoms with Gasteiger partial charge in [-0.05, 0) is 33.3 Å². The molecule has 2 aromatic heterocycles. The van der Waals surface area contributed by atoms with Crippen molar-refractivity contribution in [3.05, 3.63) is 28.5 Å². The molecular formula is C15H20ClN3O2S. The number of hydrogen-bond donors (Lipinski definition) is 3. The molecule has 3 N–H and O–H groups in total. The summed E-state index contributed by atoms with van der Waals surface area (Å²) in [5.41, 5.74) is 1.29. The molecule has 0 fully saturated rings. The van der Waals surface area contributed by atoms with Gasteiger partial charge in [0.05, 0.1) is 11.3 Å². The Bertz CT molecular complexity index is 640. The normalized spacial score (nSPS) is 13.2. The number of aliphatic hydroxyl groups is 2. The number of anilines is 1. The molecule has 0 aromatic carbocycles. The summed E-state index contributed by atoms with van der Waals surface area (Å²) in [6.07, 6.45) is 2.30. The molecule has 0 aliphatic carbocycles. The molecule has 0 aliphatic rings. The van der Waals surface area contributed by atoms with Crippen LogP contribution in [0, 0.1) is 0 Å². The number of halogens is 1. The first kappa shape index (κ1) is 17.1. The van der Waals surface area contributed by atoms with Crippen molar-refractivity contribution in [3.63, 3.8) is 0 Å². The first-order valence-electron chi connectivity index (χ1n) is 7.03. The third-order valence-electron chi connectivity index (χ3n) is 3.20. The summed E-state index contributed by atoms with van der Waals surface area (Å²) in [6.45, 7) is 5.50. The number of pyridine rings is 1. The average Bonchev–Trinajstić information content (AvgIpc) is 2.88. The van der Waals surface area contributed by atoms with Crippen molar-refractivity contribution in [2.24, 2.45) is 0 Å². The Morgan fingerprint density at radius 3 is 2.77 bits per heavy atom. The van der Waals surface area contributed by atoms with Gasteiger partial charge < -0.3 is 15.5 Å². The van der Waals surface area contributed by atoms with Crippen LogP contribution >= 0.6 is 22.9 Å². The molecule has 5 nitrogen and oxygen atoms in total. The fourth-order valence-electron chi connectivity index (χ4n) is 1.93. The van der Waals surface area contributed by atoms with Crippen LogP contribution < -0.4 is 5.32 Å². The summed E-state index contributed by atoms with van der Waals surface area (Å²) in [7, 11) is 0. The highest BCUT2D eigenvalue weighted by atomic mass is 35.5. The number of thiazole rings is 1. The van der Waals surface area contributed by atoms with Crippen molar-refractivity contribution >= 4 is 28.6 Å². The van der Waals surface area contributed by atoms with Gasteiger partial charge in [0.2, 0.25) is 0 Å². The van der Waals surface area contributed by atoms with E-state index in [4.69, 9.17) is 16.7 Å². The van der Waals surface area contributed by atoms with Crippen molar-refractivity contribution in [1.82, 2.24) is 9.97 Å². The Morgan fingerprint density at radius 1 is 1.45 bits per heavy atom. The van der Waals surface area contributed by atoms with Gasteiger partial charge >= 0.3 is 0 Å². The third-order valence-corrected chi connectivity index (χ3v) is 4.28. The van der Waals surface area contributed by atoms with Gasteiger partial charge in [-0.15, -0.1) is 11.3 Å². The van der Waals surface area contributed by atoms with Crippen LogP contribution in [-0.2, 0) is 5.60 Å². The topological polar surface area (TPSA) is 78.3 Å². The van der Waals surface area contributed by atoms with E-state index in [0.29, 0.717) is 17.3 Å². The Balaban J connectivity index is 2.36. The van der Waals surface area contributed by atoms with Crippen LogP contribution in [0.4, 0.5) is 5.69 Å². The van der Waals surface area contributed by atoms with Crippen molar-refractivity contribution in [2.75, 3.05) is 11.9 Å². The quantitative estimate of drug-likeness (QED) is 0.703. The van der Waals surface area contributed by atoms with E-state index >= 15 is 0 Å². The lowest BCUT2D eigenvalue weighted by atomic mass is 10.1. The maximum absolute atomic E-state index is 10.0. The van der Waals surface area contributed by atoms with Crippen LogP contribution in [0.2, 0.25) is 5.15 Å². The number of nitrogens with zero attached hydrogens (tertiary/aromatic N) is 2. The SMILES string of the molecule is C[C@@H](CCO)Nc1cc(Cl)ncc1-c1nc(C(C)(C)O)cs1. The van der Waals surface area contributed by atoms with Crippen molar-refractivity contribution in [3.8, 4) is 10.6 Å². The lowest BCUT2D eigenvalue weighted by Crippen LogP contribution is -2.17. The molecule has 0 unspecified atom stereocenters. The summed E-state index contributed by atoms with van der Waals surface area (Å²) >= 11 is 7.43. The monoisotopic (exact) mass is 341 g/mol. The number of nitrogens with one attached hydrogen (secondary N) is 1. The van der Waals surface area contributed by atoms with E-state index in [1.54, 1.807) is 26.1 Å². The number of hydrogen-bond acceptors (Lipinski definition) is 6. The predicted octanol–water partition coefficient (Wildman–Crippen LogP) is 3.27. The Hall–Kier alpha value is -1.21. The fourth-order valence-corrected chi connectivity index (χ4v) is 3.09. The van der Waals surface area contributed by atoms with Crippen LogP contribution in [0.1, 0.15) is 32.9 Å². The minimum absolute atomic E-state index is 0.0935. The third kappa shape index (κ3) is 4.16. The van der Waals surface area contributed by atoms with Crippen LogP contribution in [0.15, 0.2) is 17.6 Å². The molecule has 120 valence electrons. The second-order valence-electron chi connectivity index (χ2n) is 5.71. The van der Waals surface area contributed by atoms with Gasteiger partial charge in [-0.25, -0.2) is 9.97 Å². The standard InChI is InChI=1S/C15H20ClN3O2S/c1-9(4-5-20)18-11-6-13(16)17-7-10(11)14-19-12(8-22-14)15(2,3)21/h6-9,20-21H,4-5H2,1-3H3,(H,17,18)/t9-/m0/s1. The molecule has 22 heavy (non-hydrogen) atoms. The second-order valence-corrected chi connectivity index (χ2v) is 6.95. The maximum Gasteiger partial charge on any atom is 0.131 e. The fraction of sp³-hybridized carbons (Fsp3) is 0.467. The minimum atomic E-state index is -0.980. The lowest BCUT2D eigenvalue weighted by Gasteiger charge is -2.17. The van der Waals surface area contributed by atoms with Gasteiger partial charge in [0, 0.05) is 29.9 Å². The van der Waals surface area contributed by atoms with E-state index in [0.717, 1.165) is 16.3 Å². The average molecular weight is 342 g/mol. The molecular weight excluding hydrogens is 322 g/mol. The summed E-state index contributed by atoms with van der Waals surface area (Å²) in [5.74, 6) is 0. The molecule has 7 heteroatoms. The van der Waals surface area contributed by atoms with Crippen molar-refractivity contribution in [2.45, 2.75) is 38.8 Å². The van der Waals surface area contributed by atoms with E-state index in [2.05, 4.69) is 15.3 Å². The summed E-state index contributed by atoms with van der Waals surface area (Å²) in [4.78, 5) is 8.61. The Morgan fingerprint density at radius 2 is 2.18 bits per heavy atom. The van der Waals surface area contributed by atoms with E-state index in [-0.39, 0.29) is 12.6 Å². The largest absolute Gasteiger partial charge is 0.396 e. The van der Waals surface area contributed by atoms with E-state index in [9.17, 15) is 5.11 Å². The number of aromatic nitrogens is 2. The first-order chi connectivity index (χ1) is 10.3.